The maximum absolute atomic E-state index is 12.2. The van der Waals surface area contributed by atoms with Gasteiger partial charge in [0.05, 0.1) is 6.61 Å². The number of hydrogen-bond donors (Lipinski definition) is 1. The minimum atomic E-state index is -0.181. The quantitative estimate of drug-likeness (QED) is 0.732. The van der Waals surface area contributed by atoms with Crippen molar-refractivity contribution in [3.63, 3.8) is 0 Å². The van der Waals surface area contributed by atoms with Gasteiger partial charge in [0.2, 0.25) is 11.8 Å². The van der Waals surface area contributed by atoms with Gasteiger partial charge >= 0.3 is 0 Å². The van der Waals surface area contributed by atoms with Crippen molar-refractivity contribution in [2.24, 2.45) is 0 Å². The summed E-state index contributed by atoms with van der Waals surface area (Å²) >= 11 is 0. The molecule has 0 saturated carbocycles. The van der Waals surface area contributed by atoms with E-state index in [9.17, 15) is 9.59 Å². The molecule has 0 aromatic heterocycles. The van der Waals surface area contributed by atoms with Crippen molar-refractivity contribution in [2.75, 3.05) is 26.2 Å². The molecule has 6 nitrogen and oxygen atoms in total. The normalized spacial score (nSPS) is 19.3. The molecule has 1 N–H and O–H groups in total. The Balaban J connectivity index is 1.56. The summed E-state index contributed by atoms with van der Waals surface area (Å²) in [4.78, 5) is 26.0. The molecule has 3 rings (SSSR count). The van der Waals surface area contributed by atoms with Crippen LogP contribution in [-0.2, 0) is 16.0 Å². The highest BCUT2D eigenvalue weighted by Crippen LogP contribution is 2.35. The molecule has 1 aromatic rings. The van der Waals surface area contributed by atoms with E-state index < -0.39 is 0 Å². The summed E-state index contributed by atoms with van der Waals surface area (Å²) in [5.74, 6) is 1.63. The fraction of sp³-hybridized carbons (Fsp3) is 0.545. The van der Waals surface area contributed by atoms with Gasteiger partial charge in [-0.2, -0.15) is 0 Å². The first-order valence-electron chi connectivity index (χ1n) is 10.3. The van der Waals surface area contributed by atoms with Crippen molar-refractivity contribution in [1.29, 1.82) is 0 Å². The van der Waals surface area contributed by atoms with E-state index >= 15 is 0 Å². The Bertz CT molecular complexity index is 744. The first-order chi connectivity index (χ1) is 13.6. The Labute approximate surface area is 166 Å². The Kier molecular flexibility index (Phi) is 6.95. The van der Waals surface area contributed by atoms with Gasteiger partial charge in [-0.05, 0) is 44.9 Å². The van der Waals surface area contributed by atoms with Gasteiger partial charge in [0.25, 0.3) is 0 Å². The van der Waals surface area contributed by atoms with Gasteiger partial charge < -0.3 is 19.7 Å². The zero-order valence-electron chi connectivity index (χ0n) is 16.8. The number of benzene rings is 1. The number of rotatable bonds is 7. The van der Waals surface area contributed by atoms with Crippen molar-refractivity contribution < 1.29 is 19.1 Å². The molecule has 0 spiro atoms. The van der Waals surface area contributed by atoms with Crippen LogP contribution in [0.1, 0.15) is 50.7 Å². The van der Waals surface area contributed by atoms with Crippen LogP contribution in [0.25, 0.3) is 6.08 Å². The summed E-state index contributed by atoms with van der Waals surface area (Å²) in [6.45, 7) is 6.35. The smallest absolute Gasteiger partial charge is 0.244 e. The molecule has 0 radical (unpaired) electrons. The van der Waals surface area contributed by atoms with E-state index in [1.807, 2.05) is 30.9 Å². The van der Waals surface area contributed by atoms with Crippen LogP contribution >= 0.6 is 0 Å². The van der Waals surface area contributed by atoms with Gasteiger partial charge in [0, 0.05) is 49.7 Å². The number of nitrogens with one attached hydrogen (secondary N) is 1. The highest BCUT2D eigenvalue weighted by Gasteiger charge is 2.21. The first-order valence-corrected chi connectivity index (χ1v) is 10.3. The standard InChI is InChI=1S/C22H30N2O4/c1-3-27-19-15-18-13-16(2)28-20(18)14-17(19)8-9-21(25)23-10-12-24-11-6-4-5-7-22(24)26/h8-9,14-16H,3-7,10-13H2,1-2H3,(H,23,25)/b9-8+. The predicted octanol–water partition coefficient (Wildman–Crippen LogP) is 2.94. The molecule has 1 fully saturated rings. The van der Waals surface area contributed by atoms with Crippen LogP contribution in [-0.4, -0.2) is 49.1 Å². The van der Waals surface area contributed by atoms with Crippen LogP contribution in [0, 0.1) is 0 Å². The number of fused-ring (bicyclic) bond motifs is 1. The molecule has 2 amide bonds. The number of hydrogen-bond acceptors (Lipinski definition) is 4. The number of carbonyl (C=O) groups is 2. The summed E-state index contributed by atoms with van der Waals surface area (Å²) in [5, 5.41) is 2.86. The Morgan fingerprint density at radius 2 is 2.21 bits per heavy atom. The van der Waals surface area contributed by atoms with Crippen molar-refractivity contribution in [1.82, 2.24) is 10.2 Å². The van der Waals surface area contributed by atoms with Gasteiger partial charge in [0.1, 0.15) is 17.6 Å². The second-order valence-corrected chi connectivity index (χ2v) is 7.38. The summed E-state index contributed by atoms with van der Waals surface area (Å²) < 4.78 is 11.5. The fourth-order valence-corrected chi connectivity index (χ4v) is 3.68. The second-order valence-electron chi connectivity index (χ2n) is 7.38. The van der Waals surface area contributed by atoms with E-state index in [1.165, 1.54) is 6.08 Å². The molecule has 2 heterocycles. The van der Waals surface area contributed by atoms with Crippen molar-refractivity contribution in [3.05, 3.63) is 29.3 Å². The number of likely N-dealkylation sites (tertiary alicyclic amines) is 1. The van der Waals surface area contributed by atoms with Gasteiger partial charge in [-0.1, -0.05) is 6.42 Å². The number of ether oxygens (including phenoxy) is 2. The van der Waals surface area contributed by atoms with E-state index in [2.05, 4.69) is 5.32 Å². The minimum Gasteiger partial charge on any atom is -0.493 e. The molecule has 1 atom stereocenters. The van der Waals surface area contributed by atoms with E-state index in [-0.39, 0.29) is 17.9 Å². The molecule has 2 aliphatic heterocycles. The average molecular weight is 386 g/mol. The maximum Gasteiger partial charge on any atom is 0.244 e. The lowest BCUT2D eigenvalue weighted by molar-refractivity contribution is -0.131. The number of amides is 2. The predicted molar refractivity (Wildman–Crippen MR) is 108 cm³/mol. The zero-order chi connectivity index (χ0) is 19.9. The van der Waals surface area contributed by atoms with Crippen molar-refractivity contribution in [2.45, 2.75) is 52.1 Å². The van der Waals surface area contributed by atoms with Crippen LogP contribution in [0.5, 0.6) is 11.5 Å². The molecular formula is C22H30N2O4. The third-order valence-electron chi connectivity index (χ3n) is 5.09. The van der Waals surface area contributed by atoms with E-state index in [0.717, 1.165) is 54.9 Å². The zero-order valence-corrected chi connectivity index (χ0v) is 16.8. The molecule has 1 saturated heterocycles. The Morgan fingerprint density at radius 1 is 1.36 bits per heavy atom. The molecule has 2 aliphatic rings. The number of carbonyl (C=O) groups excluding carboxylic acids is 2. The summed E-state index contributed by atoms with van der Waals surface area (Å²) in [5.41, 5.74) is 1.97. The van der Waals surface area contributed by atoms with Gasteiger partial charge in [-0.25, -0.2) is 0 Å². The monoisotopic (exact) mass is 386 g/mol. The topological polar surface area (TPSA) is 67.9 Å². The van der Waals surface area contributed by atoms with Crippen molar-refractivity contribution in [3.8, 4) is 11.5 Å². The Morgan fingerprint density at radius 3 is 3.04 bits per heavy atom. The Hall–Kier alpha value is -2.50. The maximum atomic E-state index is 12.2. The summed E-state index contributed by atoms with van der Waals surface area (Å²) in [7, 11) is 0. The molecule has 0 bridgehead atoms. The van der Waals surface area contributed by atoms with Crippen LogP contribution in [0.15, 0.2) is 18.2 Å². The molecule has 1 unspecified atom stereocenters. The minimum absolute atomic E-state index is 0.161. The lowest BCUT2D eigenvalue weighted by Crippen LogP contribution is -2.37. The molecule has 1 aromatic carbocycles. The molecule has 28 heavy (non-hydrogen) atoms. The van der Waals surface area contributed by atoms with E-state index in [4.69, 9.17) is 9.47 Å². The van der Waals surface area contributed by atoms with Crippen LogP contribution in [0.4, 0.5) is 0 Å². The third kappa shape index (κ3) is 5.27. The summed E-state index contributed by atoms with van der Waals surface area (Å²) in [6.07, 6.45) is 8.02. The lowest BCUT2D eigenvalue weighted by Gasteiger charge is -2.20. The highest BCUT2D eigenvalue weighted by atomic mass is 16.5. The fourth-order valence-electron chi connectivity index (χ4n) is 3.68. The SMILES string of the molecule is CCOc1cc2c(cc1/C=C/C(=O)NCCN1CCCCCC1=O)OC(C)C2. The largest absolute Gasteiger partial charge is 0.493 e. The second kappa shape index (κ2) is 9.62. The van der Waals surface area contributed by atoms with Crippen LogP contribution in [0.3, 0.4) is 0 Å². The molecule has 6 heteroatoms. The van der Waals surface area contributed by atoms with Gasteiger partial charge in [-0.15, -0.1) is 0 Å². The van der Waals surface area contributed by atoms with E-state index in [1.54, 1.807) is 6.08 Å². The summed E-state index contributed by atoms with van der Waals surface area (Å²) in [6, 6.07) is 3.94. The molecular weight excluding hydrogens is 356 g/mol. The highest BCUT2D eigenvalue weighted by molar-refractivity contribution is 5.92. The first kappa shape index (κ1) is 20.2. The van der Waals surface area contributed by atoms with Crippen LogP contribution in [0.2, 0.25) is 0 Å². The molecule has 152 valence electrons. The van der Waals surface area contributed by atoms with Gasteiger partial charge in [0.15, 0.2) is 0 Å². The van der Waals surface area contributed by atoms with Gasteiger partial charge in [-0.3, -0.25) is 9.59 Å². The molecule has 0 aliphatic carbocycles. The lowest BCUT2D eigenvalue weighted by atomic mass is 10.1. The number of nitrogens with zero attached hydrogens (tertiary/aromatic N) is 1. The van der Waals surface area contributed by atoms with Crippen molar-refractivity contribution >= 4 is 17.9 Å². The van der Waals surface area contributed by atoms with E-state index in [0.29, 0.717) is 26.1 Å². The van der Waals surface area contributed by atoms with Crippen LogP contribution < -0.4 is 14.8 Å². The third-order valence-corrected chi connectivity index (χ3v) is 5.09. The average Bonchev–Trinajstić information content (AvgIpc) is 2.90.